The topological polar surface area (TPSA) is 59.8 Å². The van der Waals surface area contributed by atoms with Crippen LogP contribution in [0.25, 0.3) is 0 Å². The summed E-state index contributed by atoms with van der Waals surface area (Å²) in [4.78, 5) is 12.0. The summed E-state index contributed by atoms with van der Waals surface area (Å²) in [5, 5.41) is 11.9. The molecule has 1 aromatic heterocycles. The third kappa shape index (κ3) is 3.77. The second-order valence-electron chi connectivity index (χ2n) is 5.88. The van der Waals surface area contributed by atoms with Gasteiger partial charge in [0.25, 0.3) is 0 Å². The molecule has 3 rings (SSSR count). The molecule has 1 aliphatic rings. The van der Waals surface area contributed by atoms with Gasteiger partial charge in [-0.3, -0.25) is 4.79 Å². The van der Waals surface area contributed by atoms with Crippen molar-refractivity contribution in [3.63, 3.8) is 0 Å². The fraction of sp³-hybridized carbons (Fsp3) is 0.471. The Morgan fingerprint density at radius 3 is 2.79 bits per heavy atom. The molecule has 7 heteroatoms. The van der Waals surface area contributed by atoms with E-state index in [-0.39, 0.29) is 17.3 Å². The number of amides is 1. The monoisotopic (exact) mass is 348 g/mol. The Kier molecular flexibility index (Phi) is 5.50. The van der Waals surface area contributed by atoms with Crippen LogP contribution in [0, 0.1) is 5.82 Å². The predicted octanol–water partition coefficient (Wildman–Crippen LogP) is 3.83. The summed E-state index contributed by atoms with van der Waals surface area (Å²) >= 11 is 1.34. The minimum Gasteiger partial charge on any atom is -0.323 e. The third-order valence-corrected chi connectivity index (χ3v) is 5.23. The number of anilines is 1. The SMILES string of the molecule is CCn1c(SCC(=O)Nc2ccccc2F)nnc1C1CCCC1. The largest absolute Gasteiger partial charge is 0.323 e. The molecular weight excluding hydrogens is 327 g/mol. The average Bonchev–Trinajstić information content (AvgIpc) is 3.23. The molecular formula is C17H21FN4OS. The second-order valence-corrected chi connectivity index (χ2v) is 6.83. The molecule has 0 saturated heterocycles. The number of carbonyl (C=O) groups is 1. The lowest BCUT2D eigenvalue weighted by molar-refractivity contribution is -0.113. The summed E-state index contributed by atoms with van der Waals surface area (Å²) in [5.41, 5.74) is 0.201. The maximum absolute atomic E-state index is 13.6. The van der Waals surface area contributed by atoms with Crippen molar-refractivity contribution >= 4 is 23.4 Å². The van der Waals surface area contributed by atoms with Gasteiger partial charge >= 0.3 is 0 Å². The summed E-state index contributed by atoms with van der Waals surface area (Å²) in [6.07, 6.45) is 4.82. The van der Waals surface area contributed by atoms with E-state index in [4.69, 9.17) is 0 Å². The van der Waals surface area contributed by atoms with E-state index in [1.165, 1.54) is 30.7 Å². The zero-order valence-corrected chi connectivity index (χ0v) is 14.5. The van der Waals surface area contributed by atoms with Gasteiger partial charge in [0.1, 0.15) is 11.6 Å². The van der Waals surface area contributed by atoms with Gasteiger partial charge in [0.15, 0.2) is 5.16 Å². The summed E-state index contributed by atoms with van der Waals surface area (Å²) in [6, 6.07) is 6.15. The predicted molar refractivity (Wildman–Crippen MR) is 92.7 cm³/mol. The molecule has 0 unspecified atom stereocenters. The maximum atomic E-state index is 13.6. The zero-order valence-electron chi connectivity index (χ0n) is 13.7. The Morgan fingerprint density at radius 2 is 2.08 bits per heavy atom. The second kappa shape index (κ2) is 7.79. The smallest absolute Gasteiger partial charge is 0.234 e. The van der Waals surface area contributed by atoms with Crippen LogP contribution in [-0.4, -0.2) is 26.4 Å². The highest BCUT2D eigenvalue weighted by atomic mass is 32.2. The van der Waals surface area contributed by atoms with Crippen molar-refractivity contribution < 1.29 is 9.18 Å². The van der Waals surface area contributed by atoms with Crippen LogP contribution in [0.4, 0.5) is 10.1 Å². The highest BCUT2D eigenvalue weighted by Gasteiger charge is 2.24. The molecule has 1 aromatic carbocycles. The van der Waals surface area contributed by atoms with E-state index in [1.807, 2.05) is 0 Å². The van der Waals surface area contributed by atoms with Crippen molar-refractivity contribution in [2.45, 2.75) is 50.2 Å². The highest BCUT2D eigenvalue weighted by molar-refractivity contribution is 7.99. The molecule has 0 aliphatic heterocycles. The van der Waals surface area contributed by atoms with Crippen molar-refractivity contribution in [3.05, 3.63) is 35.9 Å². The normalized spacial score (nSPS) is 14.9. The number of carbonyl (C=O) groups excluding carboxylic acids is 1. The van der Waals surface area contributed by atoms with E-state index in [9.17, 15) is 9.18 Å². The number of thioether (sulfide) groups is 1. The molecule has 1 saturated carbocycles. The van der Waals surface area contributed by atoms with Crippen LogP contribution in [0.2, 0.25) is 0 Å². The molecule has 0 bridgehead atoms. The van der Waals surface area contributed by atoms with Gasteiger partial charge in [-0.15, -0.1) is 10.2 Å². The molecule has 1 aliphatic carbocycles. The van der Waals surface area contributed by atoms with Crippen LogP contribution >= 0.6 is 11.8 Å². The first-order valence-corrected chi connectivity index (χ1v) is 9.28. The van der Waals surface area contributed by atoms with E-state index in [0.29, 0.717) is 5.92 Å². The maximum Gasteiger partial charge on any atom is 0.234 e. The van der Waals surface area contributed by atoms with Crippen LogP contribution in [0.1, 0.15) is 44.3 Å². The van der Waals surface area contributed by atoms with Crippen molar-refractivity contribution in [2.75, 3.05) is 11.1 Å². The van der Waals surface area contributed by atoms with E-state index in [1.54, 1.807) is 18.2 Å². The first-order chi connectivity index (χ1) is 11.7. The molecule has 24 heavy (non-hydrogen) atoms. The molecule has 0 radical (unpaired) electrons. The van der Waals surface area contributed by atoms with Gasteiger partial charge in [0.2, 0.25) is 5.91 Å². The van der Waals surface area contributed by atoms with Crippen LogP contribution < -0.4 is 5.32 Å². The molecule has 1 heterocycles. The Balaban J connectivity index is 1.62. The first kappa shape index (κ1) is 17.0. The van der Waals surface area contributed by atoms with Crippen molar-refractivity contribution in [3.8, 4) is 0 Å². The molecule has 0 atom stereocenters. The van der Waals surface area contributed by atoms with Crippen molar-refractivity contribution in [1.82, 2.24) is 14.8 Å². The van der Waals surface area contributed by atoms with Gasteiger partial charge in [-0.1, -0.05) is 36.7 Å². The van der Waals surface area contributed by atoms with Gasteiger partial charge in [-0.2, -0.15) is 0 Å². The number of nitrogens with one attached hydrogen (secondary N) is 1. The number of para-hydroxylation sites is 1. The highest BCUT2D eigenvalue weighted by Crippen LogP contribution is 2.34. The molecule has 1 fully saturated rings. The minimum absolute atomic E-state index is 0.178. The van der Waals surface area contributed by atoms with E-state index in [2.05, 4.69) is 27.0 Å². The fourth-order valence-corrected chi connectivity index (χ4v) is 3.88. The number of benzene rings is 1. The van der Waals surface area contributed by atoms with Gasteiger partial charge < -0.3 is 9.88 Å². The molecule has 2 aromatic rings. The van der Waals surface area contributed by atoms with Crippen molar-refractivity contribution in [2.24, 2.45) is 0 Å². The Labute approximate surface area is 145 Å². The molecule has 5 nitrogen and oxygen atoms in total. The van der Waals surface area contributed by atoms with Gasteiger partial charge in [0.05, 0.1) is 11.4 Å². The van der Waals surface area contributed by atoms with Crippen molar-refractivity contribution in [1.29, 1.82) is 0 Å². The molecule has 1 N–H and O–H groups in total. The number of halogens is 1. The summed E-state index contributed by atoms with van der Waals surface area (Å²) < 4.78 is 15.7. The Bertz CT molecular complexity index is 712. The van der Waals surface area contributed by atoms with Crippen LogP contribution in [0.3, 0.4) is 0 Å². The van der Waals surface area contributed by atoms with Crippen LogP contribution in [-0.2, 0) is 11.3 Å². The number of hydrogen-bond acceptors (Lipinski definition) is 4. The molecule has 1 amide bonds. The Morgan fingerprint density at radius 1 is 1.33 bits per heavy atom. The molecule has 0 spiro atoms. The number of rotatable bonds is 6. The lowest BCUT2D eigenvalue weighted by atomic mass is 10.1. The summed E-state index contributed by atoms with van der Waals surface area (Å²) in [6.45, 7) is 2.85. The standard InChI is InChI=1S/C17H21FN4OS/c1-2-22-16(12-7-3-4-8-12)20-21-17(22)24-11-15(23)19-14-10-6-5-9-13(14)18/h5-6,9-10,12H,2-4,7-8,11H2,1H3,(H,19,23). The van der Waals surface area contributed by atoms with Gasteiger partial charge in [-0.05, 0) is 31.9 Å². The van der Waals surface area contributed by atoms with Gasteiger partial charge in [0, 0.05) is 12.5 Å². The zero-order chi connectivity index (χ0) is 16.9. The first-order valence-electron chi connectivity index (χ1n) is 8.29. The quantitative estimate of drug-likeness (QED) is 0.806. The number of hydrogen-bond donors (Lipinski definition) is 1. The van der Waals surface area contributed by atoms with Crippen LogP contribution in [0.5, 0.6) is 0 Å². The Hall–Kier alpha value is -1.89. The lowest BCUT2D eigenvalue weighted by Gasteiger charge is -2.11. The fourth-order valence-electron chi connectivity index (χ4n) is 3.07. The number of aromatic nitrogens is 3. The summed E-state index contributed by atoms with van der Waals surface area (Å²) in [5.74, 6) is 1.01. The van der Waals surface area contributed by atoms with E-state index in [0.717, 1.165) is 30.4 Å². The van der Waals surface area contributed by atoms with E-state index < -0.39 is 5.82 Å². The van der Waals surface area contributed by atoms with Gasteiger partial charge in [-0.25, -0.2) is 4.39 Å². The van der Waals surface area contributed by atoms with Crippen LogP contribution in [0.15, 0.2) is 29.4 Å². The third-order valence-electron chi connectivity index (χ3n) is 4.26. The summed E-state index contributed by atoms with van der Waals surface area (Å²) in [7, 11) is 0. The average molecular weight is 348 g/mol. The molecule has 128 valence electrons. The van der Waals surface area contributed by atoms with E-state index >= 15 is 0 Å². The number of nitrogens with zero attached hydrogens (tertiary/aromatic N) is 3. The lowest BCUT2D eigenvalue weighted by Crippen LogP contribution is -2.15. The minimum atomic E-state index is -0.434.